The van der Waals surface area contributed by atoms with Gasteiger partial charge in [-0.3, -0.25) is 19.7 Å². The fourth-order valence-electron chi connectivity index (χ4n) is 2.57. The molecule has 2 aromatic rings. The van der Waals surface area contributed by atoms with Crippen molar-refractivity contribution in [2.75, 3.05) is 11.9 Å². The van der Waals surface area contributed by atoms with E-state index >= 15 is 0 Å². The van der Waals surface area contributed by atoms with Gasteiger partial charge in [0.25, 0.3) is 0 Å². The van der Waals surface area contributed by atoms with Crippen LogP contribution < -0.4 is 10.1 Å². The van der Waals surface area contributed by atoms with Gasteiger partial charge in [-0.1, -0.05) is 11.6 Å². The predicted octanol–water partition coefficient (Wildman–Crippen LogP) is 3.57. The van der Waals surface area contributed by atoms with Crippen LogP contribution in [0.4, 0.5) is 11.4 Å². The number of hydrogen-bond donors (Lipinski definition) is 1. The number of amides is 1. The molecule has 3 rings (SSSR count). The third kappa shape index (κ3) is 3.32. The Morgan fingerprint density at radius 1 is 1.32 bits per heavy atom. The molecule has 8 heteroatoms. The van der Waals surface area contributed by atoms with Crippen molar-refractivity contribution in [3.05, 3.63) is 62.7 Å². The van der Waals surface area contributed by atoms with E-state index in [4.69, 9.17) is 16.3 Å². The molecule has 7 nitrogen and oxygen atoms in total. The Morgan fingerprint density at radius 2 is 2.08 bits per heavy atom. The fourth-order valence-corrected chi connectivity index (χ4v) is 2.74. The zero-order chi connectivity index (χ0) is 18.1. The second-order valence-corrected chi connectivity index (χ2v) is 6.03. The molecule has 2 aromatic carbocycles. The van der Waals surface area contributed by atoms with Gasteiger partial charge in [0.2, 0.25) is 5.91 Å². The number of Topliss-reactive ketones (excluding diaryl/α,β-unsaturated/α-hetero) is 1. The minimum Gasteiger partial charge on any atom is -0.478 e. The first-order valence-corrected chi connectivity index (χ1v) is 7.79. The molecule has 1 aliphatic rings. The number of nitro groups is 1. The Labute approximate surface area is 147 Å². The van der Waals surface area contributed by atoms with Crippen molar-refractivity contribution in [2.45, 2.75) is 12.8 Å². The van der Waals surface area contributed by atoms with Crippen molar-refractivity contribution < 1.29 is 19.2 Å². The first kappa shape index (κ1) is 16.9. The highest BCUT2D eigenvalue weighted by Gasteiger charge is 2.27. The van der Waals surface area contributed by atoms with E-state index in [1.54, 1.807) is 25.1 Å². The van der Waals surface area contributed by atoms with Gasteiger partial charge < -0.3 is 10.1 Å². The molecule has 0 spiro atoms. The minimum atomic E-state index is -0.625. The van der Waals surface area contributed by atoms with Crippen LogP contribution in [0.2, 0.25) is 5.02 Å². The van der Waals surface area contributed by atoms with E-state index in [2.05, 4.69) is 5.32 Å². The summed E-state index contributed by atoms with van der Waals surface area (Å²) in [5.41, 5.74) is 1.49. The smallest absolute Gasteiger partial charge is 0.312 e. The Hall–Kier alpha value is -2.93. The van der Waals surface area contributed by atoms with Crippen LogP contribution in [-0.2, 0) is 4.79 Å². The van der Waals surface area contributed by atoms with Gasteiger partial charge in [0.05, 0.1) is 10.8 Å². The van der Waals surface area contributed by atoms with Gasteiger partial charge >= 0.3 is 5.69 Å². The zero-order valence-electron chi connectivity index (χ0n) is 13.1. The standard InChI is InChI=1S/C17H13ClN2O5/c1-9-12-6-10(2-4-13(12)19-17(9)22)15(21)8-25-16-5-3-11(18)7-14(16)20(23)24/h2-7,9H,8H2,1H3,(H,19,22)/t9-/m0/s1. The van der Waals surface area contributed by atoms with E-state index < -0.39 is 4.92 Å². The maximum atomic E-state index is 12.3. The number of nitrogens with one attached hydrogen (secondary N) is 1. The van der Waals surface area contributed by atoms with Crippen LogP contribution in [0.25, 0.3) is 0 Å². The van der Waals surface area contributed by atoms with Crippen LogP contribution >= 0.6 is 11.6 Å². The number of fused-ring (bicyclic) bond motifs is 1. The second-order valence-electron chi connectivity index (χ2n) is 5.59. The Kier molecular flexibility index (Phi) is 4.41. The minimum absolute atomic E-state index is 0.0332. The quantitative estimate of drug-likeness (QED) is 0.499. The highest BCUT2D eigenvalue weighted by atomic mass is 35.5. The van der Waals surface area contributed by atoms with E-state index in [9.17, 15) is 19.7 Å². The number of carbonyl (C=O) groups is 2. The molecule has 25 heavy (non-hydrogen) atoms. The van der Waals surface area contributed by atoms with Gasteiger partial charge in [0, 0.05) is 22.3 Å². The lowest BCUT2D eigenvalue weighted by Gasteiger charge is -2.08. The zero-order valence-corrected chi connectivity index (χ0v) is 13.9. The second kappa shape index (κ2) is 6.52. The predicted molar refractivity (Wildman–Crippen MR) is 91.4 cm³/mol. The summed E-state index contributed by atoms with van der Waals surface area (Å²) >= 11 is 5.74. The molecular formula is C17H13ClN2O5. The molecule has 1 aliphatic heterocycles. The molecular weight excluding hydrogens is 348 g/mol. The summed E-state index contributed by atoms with van der Waals surface area (Å²) in [5, 5.41) is 14.0. The van der Waals surface area contributed by atoms with Gasteiger partial charge in [0.15, 0.2) is 18.1 Å². The van der Waals surface area contributed by atoms with Crippen molar-refractivity contribution in [1.82, 2.24) is 0 Å². The molecule has 0 saturated heterocycles. The monoisotopic (exact) mass is 360 g/mol. The van der Waals surface area contributed by atoms with Crippen molar-refractivity contribution in [2.24, 2.45) is 0 Å². The van der Waals surface area contributed by atoms with Gasteiger partial charge in [-0.05, 0) is 42.8 Å². The topological polar surface area (TPSA) is 98.5 Å². The van der Waals surface area contributed by atoms with E-state index in [-0.39, 0.29) is 40.7 Å². The molecule has 1 atom stereocenters. The van der Waals surface area contributed by atoms with Crippen molar-refractivity contribution in [3.8, 4) is 5.75 Å². The third-order valence-electron chi connectivity index (χ3n) is 3.97. The van der Waals surface area contributed by atoms with E-state index in [1.165, 1.54) is 12.1 Å². The Balaban J connectivity index is 1.76. The number of nitro benzene ring substituents is 1. The lowest BCUT2D eigenvalue weighted by atomic mass is 9.99. The summed E-state index contributed by atoms with van der Waals surface area (Å²) < 4.78 is 5.30. The summed E-state index contributed by atoms with van der Waals surface area (Å²) in [6.07, 6.45) is 0. The number of carbonyl (C=O) groups excluding carboxylic acids is 2. The number of benzene rings is 2. The number of rotatable bonds is 5. The van der Waals surface area contributed by atoms with Crippen molar-refractivity contribution in [1.29, 1.82) is 0 Å². The summed E-state index contributed by atoms with van der Waals surface area (Å²) in [4.78, 5) is 34.4. The van der Waals surface area contributed by atoms with Crippen molar-refractivity contribution >= 4 is 34.7 Å². The van der Waals surface area contributed by atoms with Crippen LogP contribution in [0.5, 0.6) is 5.75 Å². The van der Waals surface area contributed by atoms with Crippen LogP contribution in [0.1, 0.15) is 28.8 Å². The fraction of sp³-hybridized carbons (Fsp3) is 0.176. The van der Waals surface area contributed by atoms with Crippen LogP contribution in [0.15, 0.2) is 36.4 Å². The summed E-state index contributed by atoms with van der Waals surface area (Å²) in [7, 11) is 0. The Bertz CT molecular complexity index is 897. The van der Waals surface area contributed by atoms with Gasteiger partial charge in [-0.2, -0.15) is 0 Å². The van der Waals surface area contributed by atoms with Gasteiger partial charge in [-0.15, -0.1) is 0 Å². The molecule has 0 fully saturated rings. The number of anilines is 1. The molecule has 0 aromatic heterocycles. The van der Waals surface area contributed by atoms with Gasteiger partial charge in [0.1, 0.15) is 0 Å². The van der Waals surface area contributed by atoms with E-state index in [0.29, 0.717) is 11.3 Å². The molecule has 0 saturated carbocycles. The van der Waals surface area contributed by atoms with Gasteiger partial charge in [-0.25, -0.2) is 0 Å². The van der Waals surface area contributed by atoms with Crippen LogP contribution in [0.3, 0.4) is 0 Å². The Morgan fingerprint density at radius 3 is 2.80 bits per heavy atom. The largest absolute Gasteiger partial charge is 0.478 e. The number of halogens is 1. The molecule has 1 N–H and O–H groups in total. The summed E-state index contributed by atoms with van der Waals surface area (Å²) in [6.45, 7) is 1.39. The van der Waals surface area contributed by atoms with Crippen LogP contribution in [0, 0.1) is 10.1 Å². The van der Waals surface area contributed by atoms with Crippen LogP contribution in [-0.4, -0.2) is 23.2 Å². The van der Waals surface area contributed by atoms with Crippen molar-refractivity contribution in [3.63, 3.8) is 0 Å². The lowest BCUT2D eigenvalue weighted by Crippen LogP contribution is -2.12. The van der Waals surface area contributed by atoms with E-state index in [1.807, 2.05) is 0 Å². The van der Waals surface area contributed by atoms with E-state index in [0.717, 1.165) is 11.6 Å². The maximum absolute atomic E-state index is 12.3. The molecule has 128 valence electrons. The average Bonchev–Trinajstić information content (AvgIpc) is 2.87. The third-order valence-corrected chi connectivity index (χ3v) is 4.20. The SMILES string of the molecule is C[C@@H]1C(=O)Nc2ccc(C(=O)COc3ccc(Cl)cc3[N+](=O)[O-])cc21. The first-order chi connectivity index (χ1) is 11.9. The highest BCUT2D eigenvalue weighted by Crippen LogP contribution is 2.33. The summed E-state index contributed by atoms with van der Waals surface area (Å²) in [6, 6.07) is 8.84. The molecule has 0 bridgehead atoms. The number of ketones is 1. The maximum Gasteiger partial charge on any atom is 0.312 e. The molecule has 1 heterocycles. The molecule has 0 aliphatic carbocycles. The highest BCUT2D eigenvalue weighted by molar-refractivity contribution is 6.30. The number of ether oxygens (including phenoxy) is 1. The number of nitrogens with zero attached hydrogens (tertiary/aromatic N) is 1. The molecule has 0 radical (unpaired) electrons. The first-order valence-electron chi connectivity index (χ1n) is 7.41. The average molecular weight is 361 g/mol. The molecule has 1 amide bonds. The molecule has 0 unspecified atom stereocenters. The summed E-state index contributed by atoms with van der Waals surface area (Å²) in [5.74, 6) is -0.832. The number of hydrogen-bond acceptors (Lipinski definition) is 5. The normalized spacial score (nSPS) is 15.4. The lowest BCUT2D eigenvalue weighted by molar-refractivity contribution is -0.385.